The molecule has 1 fully saturated rings. The number of halogens is 1. The van der Waals surface area contributed by atoms with Gasteiger partial charge in [0.2, 0.25) is 10.0 Å². The first-order valence-electron chi connectivity index (χ1n) is 9.23. The number of hydrogen-bond acceptors (Lipinski definition) is 6. The van der Waals surface area contributed by atoms with Crippen molar-refractivity contribution in [3.05, 3.63) is 53.3 Å². The van der Waals surface area contributed by atoms with E-state index in [1.54, 1.807) is 18.2 Å². The van der Waals surface area contributed by atoms with E-state index in [-0.39, 0.29) is 43.3 Å². The van der Waals surface area contributed by atoms with E-state index >= 15 is 0 Å². The number of nitrogens with zero attached hydrogens (tertiary/aromatic N) is 1. The van der Waals surface area contributed by atoms with E-state index < -0.39 is 21.7 Å². The highest BCUT2D eigenvalue weighted by Crippen LogP contribution is 2.25. The summed E-state index contributed by atoms with van der Waals surface area (Å²) >= 11 is 0. The third kappa shape index (κ3) is 4.72. The predicted octanol–water partition coefficient (Wildman–Crippen LogP) is 1.79. The monoisotopic (exact) mass is 438 g/mol. The molecule has 0 spiro atoms. The van der Waals surface area contributed by atoms with Crippen LogP contribution >= 0.6 is 0 Å². The molecule has 0 atom stereocenters. The van der Waals surface area contributed by atoms with Gasteiger partial charge in [-0.15, -0.1) is 0 Å². The maximum Gasteiger partial charge on any atom is 0.254 e. The predicted molar refractivity (Wildman–Crippen MR) is 107 cm³/mol. The lowest BCUT2D eigenvalue weighted by molar-refractivity contribution is 0.0730. The number of sulfonamides is 1. The molecule has 0 aromatic heterocycles. The minimum atomic E-state index is -3.85. The number of nitrogens with one attached hydrogen (secondary N) is 1. The van der Waals surface area contributed by atoms with Crippen molar-refractivity contribution in [1.82, 2.24) is 9.62 Å². The highest BCUT2D eigenvalue weighted by Gasteiger charge is 2.28. The number of benzene rings is 2. The number of carbonyl (C=O) groups is 1. The lowest BCUT2D eigenvalue weighted by Crippen LogP contribution is -2.40. The highest BCUT2D eigenvalue weighted by atomic mass is 32.2. The molecule has 2 aromatic rings. The van der Waals surface area contributed by atoms with Crippen molar-refractivity contribution >= 4 is 15.9 Å². The van der Waals surface area contributed by atoms with Crippen LogP contribution in [0.15, 0.2) is 41.3 Å². The molecule has 1 aliphatic heterocycles. The molecule has 30 heavy (non-hydrogen) atoms. The van der Waals surface area contributed by atoms with Gasteiger partial charge >= 0.3 is 0 Å². The summed E-state index contributed by atoms with van der Waals surface area (Å²) in [7, 11) is -0.837. The Morgan fingerprint density at radius 2 is 1.87 bits per heavy atom. The number of hydrogen-bond donors (Lipinski definition) is 1. The molecule has 162 valence electrons. The Kier molecular flexibility index (Phi) is 6.91. The molecular formula is C20H23FN2O6S. The van der Waals surface area contributed by atoms with Gasteiger partial charge in [-0.25, -0.2) is 12.8 Å². The zero-order valence-corrected chi connectivity index (χ0v) is 17.5. The molecule has 10 heteroatoms. The lowest BCUT2D eigenvalue weighted by Gasteiger charge is -2.26. The van der Waals surface area contributed by atoms with Gasteiger partial charge in [-0.3, -0.25) is 4.79 Å². The van der Waals surface area contributed by atoms with E-state index in [1.807, 2.05) is 0 Å². The number of methoxy groups -OCH3 is 2. The first kappa shape index (κ1) is 22.0. The molecule has 0 saturated carbocycles. The summed E-state index contributed by atoms with van der Waals surface area (Å²) in [4.78, 5) is 12.4. The second-order valence-corrected chi connectivity index (χ2v) is 8.46. The molecule has 1 aliphatic rings. The standard InChI is InChI=1S/C20H23FN2O6S/c1-27-15-4-3-14(19(11-15)28-2)13-22-20(24)17-12-16(5-6-18(17)21)30(25,26)23-7-9-29-10-8-23/h3-6,11-12H,7-10,13H2,1-2H3,(H,22,24). The molecule has 0 bridgehead atoms. The summed E-state index contributed by atoms with van der Waals surface area (Å²) in [5.41, 5.74) is 0.306. The van der Waals surface area contributed by atoms with Gasteiger partial charge in [-0.2, -0.15) is 4.31 Å². The Bertz CT molecular complexity index is 1020. The molecule has 8 nitrogen and oxygen atoms in total. The van der Waals surface area contributed by atoms with Crippen LogP contribution in [0.1, 0.15) is 15.9 Å². The van der Waals surface area contributed by atoms with Gasteiger partial charge in [0.15, 0.2) is 0 Å². The van der Waals surface area contributed by atoms with Crippen molar-refractivity contribution in [2.75, 3.05) is 40.5 Å². The van der Waals surface area contributed by atoms with E-state index in [2.05, 4.69) is 5.32 Å². The third-order valence-electron chi connectivity index (χ3n) is 4.72. The normalized spacial score (nSPS) is 14.9. The van der Waals surface area contributed by atoms with Crippen molar-refractivity contribution in [3.63, 3.8) is 0 Å². The van der Waals surface area contributed by atoms with Crippen LogP contribution in [-0.2, 0) is 21.3 Å². The minimum Gasteiger partial charge on any atom is -0.497 e. The van der Waals surface area contributed by atoms with Gasteiger partial charge < -0.3 is 19.5 Å². The van der Waals surface area contributed by atoms with Crippen molar-refractivity contribution in [2.24, 2.45) is 0 Å². The fourth-order valence-corrected chi connectivity index (χ4v) is 4.48. The molecule has 3 rings (SSSR count). The summed E-state index contributed by atoms with van der Waals surface area (Å²) in [5, 5.41) is 2.60. The summed E-state index contributed by atoms with van der Waals surface area (Å²) < 4.78 is 56.7. The van der Waals surface area contributed by atoms with Crippen LogP contribution < -0.4 is 14.8 Å². The molecule has 2 aromatic carbocycles. The lowest BCUT2D eigenvalue weighted by atomic mass is 10.1. The zero-order valence-electron chi connectivity index (χ0n) is 16.7. The number of carbonyl (C=O) groups excluding carboxylic acids is 1. The number of rotatable bonds is 7. The topological polar surface area (TPSA) is 94.2 Å². The first-order valence-corrected chi connectivity index (χ1v) is 10.7. The van der Waals surface area contributed by atoms with Crippen LogP contribution in [0.3, 0.4) is 0 Å². The summed E-state index contributed by atoms with van der Waals surface area (Å²) in [6, 6.07) is 8.28. The van der Waals surface area contributed by atoms with Crippen LogP contribution in [0.4, 0.5) is 4.39 Å². The second-order valence-electron chi connectivity index (χ2n) is 6.52. The van der Waals surface area contributed by atoms with Gasteiger partial charge in [0.1, 0.15) is 17.3 Å². The van der Waals surface area contributed by atoms with E-state index in [1.165, 1.54) is 18.5 Å². The van der Waals surface area contributed by atoms with E-state index in [0.29, 0.717) is 17.1 Å². The molecule has 0 unspecified atom stereocenters. The van der Waals surface area contributed by atoms with Gasteiger partial charge in [0.05, 0.1) is 37.9 Å². The highest BCUT2D eigenvalue weighted by molar-refractivity contribution is 7.89. The molecule has 1 saturated heterocycles. The minimum absolute atomic E-state index is 0.0614. The van der Waals surface area contributed by atoms with E-state index in [9.17, 15) is 17.6 Å². The van der Waals surface area contributed by atoms with Crippen molar-refractivity contribution in [1.29, 1.82) is 0 Å². The average molecular weight is 438 g/mol. The fraction of sp³-hybridized carbons (Fsp3) is 0.350. The van der Waals surface area contributed by atoms with Gasteiger partial charge in [0, 0.05) is 31.3 Å². The van der Waals surface area contributed by atoms with Crippen LogP contribution in [0.25, 0.3) is 0 Å². The Labute approximate surface area is 174 Å². The van der Waals surface area contributed by atoms with Gasteiger partial charge in [-0.05, 0) is 30.3 Å². The SMILES string of the molecule is COc1ccc(CNC(=O)c2cc(S(=O)(=O)N3CCOCC3)ccc2F)c(OC)c1. The number of morpholine rings is 1. The van der Waals surface area contributed by atoms with Crippen LogP contribution in [0, 0.1) is 5.82 Å². The number of ether oxygens (including phenoxy) is 3. The number of amides is 1. The molecule has 0 aliphatic carbocycles. The largest absolute Gasteiger partial charge is 0.497 e. The first-order chi connectivity index (χ1) is 14.4. The van der Waals surface area contributed by atoms with E-state index in [0.717, 1.165) is 18.2 Å². The molecule has 1 heterocycles. The van der Waals surface area contributed by atoms with Gasteiger partial charge in [-0.1, -0.05) is 0 Å². The Morgan fingerprint density at radius 1 is 1.13 bits per heavy atom. The van der Waals surface area contributed by atoms with E-state index in [4.69, 9.17) is 14.2 Å². The fourth-order valence-electron chi connectivity index (χ4n) is 3.04. The smallest absolute Gasteiger partial charge is 0.254 e. The Morgan fingerprint density at radius 3 is 2.53 bits per heavy atom. The molecular weight excluding hydrogens is 415 g/mol. The van der Waals surface area contributed by atoms with Crippen molar-refractivity contribution in [2.45, 2.75) is 11.4 Å². The summed E-state index contributed by atoms with van der Waals surface area (Å²) in [5.74, 6) is -0.452. The summed E-state index contributed by atoms with van der Waals surface area (Å²) in [6.45, 7) is 1.05. The van der Waals surface area contributed by atoms with Crippen LogP contribution in [0.2, 0.25) is 0 Å². The quantitative estimate of drug-likeness (QED) is 0.709. The van der Waals surface area contributed by atoms with Gasteiger partial charge in [0.25, 0.3) is 5.91 Å². The summed E-state index contributed by atoms with van der Waals surface area (Å²) in [6.07, 6.45) is 0. The van der Waals surface area contributed by atoms with Crippen molar-refractivity contribution in [3.8, 4) is 11.5 Å². The maximum absolute atomic E-state index is 14.3. The Hall–Kier alpha value is -2.69. The van der Waals surface area contributed by atoms with Crippen LogP contribution in [0.5, 0.6) is 11.5 Å². The second kappa shape index (κ2) is 9.41. The maximum atomic E-state index is 14.3. The zero-order chi connectivity index (χ0) is 21.7. The molecule has 1 amide bonds. The molecule has 1 N–H and O–H groups in total. The van der Waals surface area contributed by atoms with Crippen molar-refractivity contribution < 1.29 is 31.8 Å². The molecule has 0 radical (unpaired) electrons. The average Bonchev–Trinajstić information content (AvgIpc) is 2.78. The third-order valence-corrected chi connectivity index (χ3v) is 6.62. The Balaban J connectivity index is 1.79. The van der Waals surface area contributed by atoms with Crippen LogP contribution in [-0.4, -0.2) is 59.2 Å².